The molecule has 1 aromatic carbocycles. The molecule has 10 heteroatoms. The van der Waals surface area contributed by atoms with Gasteiger partial charge in [-0.1, -0.05) is 26.0 Å². The van der Waals surface area contributed by atoms with Crippen molar-refractivity contribution in [3.05, 3.63) is 47.0 Å². The lowest BCUT2D eigenvalue weighted by atomic mass is 10.0. The van der Waals surface area contributed by atoms with E-state index < -0.39 is 40.9 Å². The molecule has 158 valence electrons. The number of aromatic nitrogens is 1. The van der Waals surface area contributed by atoms with Gasteiger partial charge in [-0.3, -0.25) is 0 Å². The van der Waals surface area contributed by atoms with Gasteiger partial charge in [0.15, 0.2) is 0 Å². The van der Waals surface area contributed by atoms with Gasteiger partial charge in [0.25, 0.3) is 0 Å². The number of carbonyl (C=O) groups is 1. The van der Waals surface area contributed by atoms with Gasteiger partial charge in [0.2, 0.25) is 5.88 Å². The molecular weight excluding hydrogens is 404 g/mol. The molecule has 4 nitrogen and oxygen atoms in total. The predicted octanol–water partition coefficient (Wildman–Crippen LogP) is 5.91. The molecule has 0 atom stereocenters. The Morgan fingerprint density at radius 1 is 1.07 bits per heavy atom. The highest BCUT2D eigenvalue weighted by atomic mass is 19.4. The van der Waals surface area contributed by atoms with Gasteiger partial charge in [0.1, 0.15) is 5.56 Å². The zero-order valence-electron chi connectivity index (χ0n) is 15.4. The smallest absolute Gasteiger partial charge is 0.417 e. The van der Waals surface area contributed by atoms with Crippen LogP contribution in [0.2, 0.25) is 0 Å². The van der Waals surface area contributed by atoms with Gasteiger partial charge >= 0.3 is 18.3 Å². The first-order valence-corrected chi connectivity index (χ1v) is 8.46. The number of hydrogen-bond donors (Lipinski definition) is 1. The summed E-state index contributed by atoms with van der Waals surface area (Å²) in [6.45, 7) is 3.61. The summed E-state index contributed by atoms with van der Waals surface area (Å²) in [5.74, 6) is -2.46. The zero-order valence-corrected chi connectivity index (χ0v) is 15.4. The Balaban J connectivity index is 2.59. The van der Waals surface area contributed by atoms with Crippen molar-refractivity contribution in [3.63, 3.8) is 0 Å². The summed E-state index contributed by atoms with van der Waals surface area (Å²) in [4.78, 5) is 15.3. The Kier molecular flexibility index (Phi) is 6.44. The fourth-order valence-corrected chi connectivity index (χ4v) is 2.43. The van der Waals surface area contributed by atoms with Crippen molar-refractivity contribution < 1.29 is 41.0 Å². The molecule has 0 unspecified atom stereocenters. The molecule has 0 saturated carbocycles. The van der Waals surface area contributed by atoms with Crippen LogP contribution in [0.4, 0.5) is 26.3 Å². The highest BCUT2D eigenvalue weighted by Gasteiger charge is 2.39. The topological polar surface area (TPSA) is 59.4 Å². The third-order valence-corrected chi connectivity index (χ3v) is 3.95. The molecule has 0 amide bonds. The van der Waals surface area contributed by atoms with E-state index >= 15 is 0 Å². The van der Waals surface area contributed by atoms with E-state index in [1.165, 1.54) is 0 Å². The maximum absolute atomic E-state index is 13.5. The average molecular weight is 421 g/mol. The zero-order chi connectivity index (χ0) is 22.0. The summed E-state index contributed by atoms with van der Waals surface area (Å²) >= 11 is 0. The van der Waals surface area contributed by atoms with Crippen LogP contribution < -0.4 is 4.74 Å². The number of carboxylic acids is 1. The first-order valence-electron chi connectivity index (χ1n) is 8.46. The standard InChI is InChI=1S/C19H17F6NO3/c1-10(2)7-8-29-16-15(17(27)28)13(19(23,24)25)9-14(26-16)11-3-5-12(6-4-11)18(20,21)22/h3-6,9-10H,7-8H2,1-2H3,(H,27,28). The molecule has 0 bridgehead atoms. The number of nitrogens with zero attached hydrogens (tertiary/aromatic N) is 1. The summed E-state index contributed by atoms with van der Waals surface area (Å²) in [7, 11) is 0. The summed E-state index contributed by atoms with van der Waals surface area (Å²) < 4.78 is 83.7. The largest absolute Gasteiger partial charge is 0.477 e. The molecule has 2 rings (SSSR count). The number of aromatic carboxylic acids is 1. The molecule has 1 N–H and O–H groups in total. The van der Waals surface area contributed by atoms with Crippen molar-refractivity contribution in [2.24, 2.45) is 5.92 Å². The molecule has 1 aromatic heterocycles. The molecule has 0 spiro atoms. The van der Waals surface area contributed by atoms with Crippen LogP contribution in [0.5, 0.6) is 5.88 Å². The van der Waals surface area contributed by atoms with E-state index in [9.17, 15) is 36.2 Å². The van der Waals surface area contributed by atoms with Crippen LogP contribution in [-0.2, 0) is 12.4 Å². The second kappa shape index (κ2) is 8.30. The molecule has 1 heterocycles. The van der Waals surface area contributed by atoms with E-state index in [0.717, 1.165) is 12.1 Å². The number of halogens is 6. The minimum absolute atomic E-state index is 0.0471. The van der Waals surface area contributed by atoms with Crippen molar-refractivity contribution in [3.8, 4) is 17.1 Å². The number of pyridine rings is 1. The van der Waals surface area contributed by atoms with E-state index in [2.05, 4.69) is 4.98 Å². The van der Waals surface area contributed by atoms with Gasteiger partial charge in [-0.25, -0.2) is 9.78 Å². The minimum atomic E-state index is -5.03. The molecular formula is C19H17F6NO3. The number of hydrogen-bond acceptors (Lipinski definition) is 3. The van der Waals surface area contributed by atoms with E-state index in [4.69, 9.17) is 4.74 Å². The number of carboxylic acid groups (broad SMARTS) is 1. The van der Waals surface area contributed by atoms with Crippen molar-refractivity contribution in [2.75, 3.05) is 6.61 Å². The average Bonchev–Trinajstić information content (AvgIpc) is 2.59. The Morgan fingerprint density at radius 2 is 1.66 bits per heavy atom. The number of alkyl halides is 6. The summed E-state index contributed by atoms with van der Waals surface area (Å²) in [5, 5.41) is 9.26. The van der Waals surface area contributed by atoms with Gasteiger partial charge in [0, 0.05) is 5.56 Å². The molecule has 0 radical (unpaired) electrons. The maximum Gasteiger partial charge on any atom is 0.417 e. The van der Waals surface area contributed by atoms with Crippen molar-refractivity contribution >= 4 is 5.97 Å². The maximum atomic E-state index is 13.5. The highest BCUT2D eigenvalue weighted by molar-refractivity contribution is 5.93. The predicted molar refractivity (Wildman–Crippen MR) is 91.6 cm³/mol. The fourth-order valence-electron chi connectivity index (χ4n) is 2.43. The summed E-state index contributed by atoms with van der Waals surface area (Å²) in [5.41, 5.74) is -4.01. The molecule has 29 heavy (non-hydrogen) atoms. The van der Waals surface area contributed by atoms with Gasteiger partial charge in [-0.15, -0.1) is 0 Å². The minimum Gasteiger partial charge on any atom is -0.477 e. The van der Waals surface area contributed by atoms with Crippen molar-refractivity contribution in [1.82, 2.24) is 4.98 Å². The Hall–Kier alpha value is -2.78. The van der Waals surface area contributed by atoms with E-state index in [0.29, 0.717) is 24.6 Å². The van der Waals surface area contributed by atoms with Crippen molar-refractivity contribution in [2.45, 2.75) is 32.6 Å². The van der Waals surface area contributed by atoms with Gasteiger partial charge in [-0.05, 0) is 30.5 Å². The monoisotopic (exact) mass is 421 g/mol. The first-order chi connectivity index (χ1) is 13.3. The molecule has 0 aliphatic rings. The van der Waals surface area contributed by atoms with E-state index in [1.807, 2.05) is 13.8 Å². The highest BCUT2D eigenvalue weighted by Crippen LogP contribution is 2.38. The van der Waals surface area contributed by atoms with Crippen LogP contribution in [0.25, 0.3) is 11.3 Å². The molecule has 0 saturated heterocycles. The van der Waals surface area contributed by atoms with Gasteiger partial charge in [0.05, 0.1) is 23.4 Å². The summed E-state index contributed by atoms with van der Waals surface area (Å²) in [6, 6.07) is 3.82. The van der Waals surface area contributed by atoms with E-state index in [-0.39, 0.29) is 23.8 Å². The lowest BCUT2D eigenvalue weighted by molar-refractivity contribution is -0.138. The number of rotatable bonds is 6. The quantitative estimate of drug-likeness (QED) is 0.589. The first kappa shape index (κ1) is 22.5. The van der Waals surface area contributed by atoms with Gasteiger partial charge in [-0.2, -0.15) is 26.3 Å². The SMILES string of the molecule is CC(C)CCOc1nc(-c2ccc(C(F)(F)F)cc2)cc(C(F)(F)F)c1C(=O)O. The lowest BCUT2D eigenvalue weighted by Gasteiger charge is -2.17. The van der Waals surface area contributed by atoms with Crippen molar-refractivity contribution in [1.29, 1.82) is 0 Å². The lowest BCUT2D eigenvalue weighted by Crippen LogP contribution is -2.17. The van der Waals surface area contributed by atoms with Gasteiger partial charge < -0.3 is 9.84 Å². The van der Waals surface area contributed by atoms with Crippen LogP contribution in [0.15, 0.2) is 30.3 Å². The van der Waals surface area contributed by atoms with Crippen LogP contribution >= 0.6 is 0 Å². The Bertz CT molecular complexity index is 873. The normalized spacial score (nSPS) is 12.3. The van der Waals surface area contributed by atoms with E-state index in [1.54, 1.807) is 0 Å². The van der Waals surface area contributed by atoms with Crippen LogP contribution in [-0.4, -0.2) is 22.7 Å². The molecule has 0 aliphatic carbocycles. The second-order valence-corrected chi connectivity index (χ2v) is 6.64. The number of benzene rings is 1. The van der Waals surface area contributed by atoms with Crippen LogP contribution in [0, 0.1) is 5.92 Å². The second-order valence-electron chi connectivity index (χ2n) is 6.64. The van der Waals surface area contributed by atoms with Crippen LogP contribution in [0.1, 0.15) is 41.8 Å². The number of ether oxygens (including phenoxy) is 1. The Labute approximate surface area is 162 Å². The third kappa shape index (κ3) is 5.61. The molecule has 0 aliphatic heterocycles. The molecule has 2 aromatic rings. The third-order valence-electron chi connectivity index (χ3n) is 3.95. The molecule has 0 fully saturated rings. The fraction of sp³-hybridized carbons (Fsp3) is 0.368. The van der Waals surface area contributed by atoms with Crippen LogP contribution in [0.3, 0.4) is 0 Å². The Morgan fingerprint density at radius 3 is 2.10 bits per heavy atom. The summed E-state index contributed by atoms with van der Waals surface area (Å²) in [6.07, 6.45) is -9.21.